The van der Waals surface area contributed by atoms with Crippen LogP contribution in [-0.4, -0.2) is 21.5 Å². The number of halogens is 1. The van der Waals surface area contributed by atoms with Gasteiger partial charge in [0.15, 0.2) is 5.78 Å². The largest absolute Gasteiger partial charge is 0.315 e. The Hall–Kier alpha value is -0.990. The van der Waals surface area contributed by atoms with Crippen molar-refractivity contribution in [3.63, 3.8) is 0 Å². The van der Waals surface area contributed by atoms with Crippen molar-refractivity contribution < 1.29 is 4.79 Å². The summed E-state index contributed by atoms with van der Waals surface area (Å²) in [5.41, 5.74) is 7.99. The van der Waals surface area contributed by atoms with Crippen molar-refractivity contribution >= 4 is 33.1 Å². The summed E-state index contributed by atoms with van der Waals surface area (Å²) in [6.45, 7) is 0. The first-order valence-electron chi connectivity index (χ1n) is 5.72. The maximum Gasteiger partial charge on any atom is 0.172 e. The standard InChI is InChI=1S/C12H14B2ClNO/c13-8-5-6-12(16,11(17)10(8)14)7-3-1-2-4-9(7)15/h1-4H,5-6,13-14,16H2. The van der Waals surface area contributed by atoms with Gasteiger partial charge in [0.25, 0.3) is 0 Å². The van der Waals surface area contributed by atoms with E-state index in [1.807, 2.05) is 33.9 Å². The molecule has 5 heteroatoms. The SMILES string of the molecule is BC1=C(B)C(=O)C(N)(c2ccccc2Cl)CC1. The second-order valence-electron chi connectivity index (χ2n) is 4.69. The molecule has 1 aromatic rings. The van der Waals surface area contributed by atoms with E-state index in [4.69, 9.17) is 17.3 Å². The molecule has 0 spiro atoms. The number of rotatable bonds is 1. The van der Waals surface area contributed by atoms with E-state index < -0.39 is 5.54 Å². The van der Waals surface area contributed by atoms with E-state index in [-0.39, 0.29) is 5.78 Å². The van der Waals surface area contributed by atoms with Crippen LogP contribution < -0.4 is 5.73 Å². The lowest BCUT2D eigenvalue weighted by Gasteiger charge is -2.34. The van der Waals surface area contributed by atoms with Crippen LogP contribution in [0.2, 0.25) is 5.02 Å². The number of Topliss-reactive ketones (excluding diaryl/α,β-unsaturated/α-hetero) is 1. The van der Waals surface area contributed by atoms with E-state index in [0.29, 0.717) is 11.4 Å². The molecule has 0 heterocycles. The molecule has 0 saturated heterocycles. The average molecular weight is 245 g/mol. The third-order valence-corrected chi connectivity index (χ3v) is 3.96. The number of ketones is 1. The minimum atomic E-state index is -0.956. The summed E-state index contributed by atoms with van der Waals surface area (Å²) >= 11 is 6.15. The van der Waals surface area contributed by atoms with Crippen LogP contribution >= 0.6 is 11.6 Å². The van der Waals surface area contributed by atoms with Gasteiger partial charge in [0, 0.05) is 5.02 Å². The van der Waals surface area contributed by atoms with E-state index in [9.17, 15) is 4.79 Å². The van der Waals surface area contributed by atoms with Crippen molar-refractivity contribution in [3.8, 4) is 0 Å². The lowest BCUT2D eigenvalue weighted by atomic mass is 9.64. The Morgan fingerprint density at radius 2 is 1.94 bits per heavy atom. The van der Waals surface area contributed by atoms with E-state index in [1.165, 1.54) is 0 Å². The van der Waals surface area contributed by atoms with Gasteiger partial charge in [-0.15, -0.1) is 5.47 Å². The lowest BCUT2D eigenvalue weighted by molar-refractivity contribution is -0.120. The molecule has 1 aliphatic carbocycles. The Bertz CT molecular complexity index is 515. The van der Waals surface area contributed by atoms with Gasteiger partial charge in [0.2, 0.25) is 0 Å². The fourth-order valence-electron chi connectivity index (χ4n) is 2.29. The molecule has 2 nitrogen and oxygen atoms in total. The zero-order valence-electron chi connectivity index (χ0n) is 10.1. The normalized spacial score (nSPS) is 25.2. The molecule has 0 amide bonds. The molecule has 1 unspecified atom stereocenters. The summed E-state index contributed by atoms with van der Waals surface area (Å²) in [5, 5.41) is 0.565. The Balaban J connectivity index is 2.53. The van der Waals surface area contributed by atoms with Gasteiger partial charge in [-0.25, -0.2) is 0 Å². The second-order valence-corrected chi connectivity index (χ2v) is 5.09. The predicted molar refractivity (Wildman–Crippen MR) is 75.7 cm³/mol. The molecule has 0 saturated carbocycles. The third kappa shape index (κ3) is 1.96. The molecule has 1 atom stereocenters. The Morgan fingerprint density at radius 1 is 1.29 bits per heavy atom. The second kappa shape index (κ2) is 4.35. The maximum absolute atomic E-state index is 12.4. The van der Waals surface area contributed by atoms with Gasteiger partial charge < -0.3 is 5.73 Å². The Morgan fingerprint density at radius 3 is 2.59 bits per heavy atom. The van der Waals surface area contributed by atoms with Gasteiger partial charge in [-0.05, 0) is 24.5 Å². The summed E-state index contributed by atoms with van der Waals surface area (Å²) < 4.78 is 0. The molecule has 0 aliphatic heterocycles. The summed E-state index contributed by atoms with van der Waals surface area (Å²) in [6.07, 6.45) is 1.47. The number of nitrogens with two attached hydrogens (primary N) is 1. The molecule has 86 valence electrons. The molecule has 1 aromatic carbocycles. The van der Waals surface area contributed by atoms with Gasteiger partial charge in [-0.2, -0.15) is 0 Å². The number of hydrogen-bond acceptors (Lipinski definition) is 2. The fraction of sp³-hybridized carbons (Fsp3) is 0.250. The van der Waals surface area contributed by atoms with Crippen LogP contribution in [0.5, 0.6) is 0 Å². The van der Waals surface area contributed by atoms with Gasteiger partial charge in [0.1, 0.15) is 21.2 Å². The molecule has 0 fully saturated rings. The highest BCUT2D eigenvalue weighted by atomic mass is 35.5. The monoisotopic (exact) mass is 245 g/mol. The molecule has 0 aromatic heterocycles. The molecule has 2 N–H and O–H groups in total. The molecule has 0 radical (unpaired) electrons. The van der Waals surface area contributed by atoms with Gasteiger partial charge in [-0.1, -0.05) is 35.3 Å². The van der Waals surface area contributed by atoms with Crippen molar-refractivity contribution in [2.45, 2.75) is 18.4 Å². The third-order valence-electron chi connectivity index (χ3n) is 3.63. The van der Waals surface area contributed by atoms with E-state index in [2.05, 4.69) is 0 Å². The lowest BCUT2D eigenvalue weighted by Crippen LogP contribution is -2.48. The highest BCUT2D eigenvalue weighted by Crippen LogP contribution is 2.36. The molecular weight excluding hydrogens is 231 g/mol. The van der Waals surface area contributed by atoms with Crippen molar-refractivity contribution in [3.05, 3.63) is 45.8 Å². The zero-order valence-corrected chi connectivity index (χ0v) is 10.8. The number of allylic oxidation sites excluding steroid dienone is 1. The summed E-state index contributed by atoms with van der Waals surface area (Å²) in [6, 6.07) is 7.33. The van der Waals surface area contributed by atoms with Crippen LogP contribution in [0.15, 0.2) is 35.2 Å². The quantitative estimate of drug-likeness (QED) is 0.725. The van der Waals surface area contributed by atoms with Crippen molar-refractivity contribution in [1.29, 1.82) is 0 Å². The molecule has 17 heavy (non-hydrogen) atoms. The number of carbonyl (C=O) groups is 1. The van der Waals surface area contributed by atoms with Gasteiger partial charge in [0.05, 0.1) is 0 Å². The van der Waals surface area contributed by atoms with Crippen LogP contribution in [0.1, 0.15) is 18.4 Å². The molecule has 2 rings (SSSR count). The van der Waals surface area contributed by atoms with Crippen molar-refractivity contribution in [2.24, 2.45) is 5.73 Å². The van der Waals surface area contributed by atoms with Crippen LogP contribution in [0.3, 0.4) is 0 Å². The van der Waals surface area contributed by atoms with E-state index >= 15 is 0 Å². The van der Waals surface area contributed by atoms with E-state index in [0.717, 1.165) is 22.9 Å². The summed E-state index contributed by atoms with van der Waals surface area (Å²) in [5.74, 6) is -0.00523. The predicted octanol–water partition coefficient (Wildman–Crippen LogP) is 0.335. The van der Waals surface area contributed by atoms with Crippen molar-refractivity contribution in [2.75, 3.05) is 0 Å². The number of hydrogen-bond donors (Lipinski definition) is 1. The zero-order chi connectivity index (χ0) is 12.6. The minimum absolute atomic E-state index is 0.00523. The van der Waals surface area contributed by atoms with Crippen LogP contribution in [0.4, 0.5) is 0 Å². The van der Waals surface area contributed by atoms with Crippen LogP contribution in [-0.2, 0) is 10.3 Å². The van der Waals surface area contributed by atoms with Crippen LogP contribution in [0, 0.1) is 0 Å². The van der Waals surface area contributed by atoms with Crippen molar-refractivity contribution in [1.82, 2.24) is 0 Å². The molecular formula is C12H14B2ClNO. The highest BCUT2D eigenvalue weighted by molar-refractivity contribution is 6.44. The summed E-state index contributed by atoms with van der Waals surface area (Å²) in [4.78, 5) is 12.4. The first-order chi connectivity index (χ1) is 7.97. The molecule has 1 aliphatic rings. The number of benzene rings is 1. The van der Waals surface area contributed by atoms with Crippen LogP contribution in [0.25, 0.3) is 0 Å². The Labute approximate surface area is 108 Å². The number of carbonyl (C=O) groups excluding carboxylic acids is 1. The first kappa shape index (κ1) is 12.5. The topological polar surface area (TPSA) is 43.1 Å². The fourth-order valence-corrected chi connectivity index (χ4v) is 2.60. The maximum atomic E-state index is 12.4. The minimum Gasteiger partial charge on any atom is -0.315 e. The van der Waals surface area contributed by atoms with E-state index in [1.54, 1.807) is 6.07 Å². The molecule has 0 bridgehead atoms. The summed E-state index contributed by atoms with van der Waals surface area (Å²) in [7, 11) is 3.83. The average Bonchev–Trinajstić information content (AvgIpc) is 2.32. The Kier molecular flexibility index (Phi) is 3.19. The first-order valence-corrected chi connectivity index (χ1v) is 6.09. The van der Waals surface area contributed by atoms with Gasteiger partial charge >= 0.3 is 0 Å². The van der Waals surface area contributed by atoms with Gasteiger partial charge in [-0.3, -0.25) is 4.79 Å². The highest BCUT2D eigenvalue weighted by Gasteiger charge is 2.40. The smallest absolute Gasteiger partial charge is 0.172 e.